The Morgan fingerprint density at radius 2 is 2.29 bits per heavy atom. The summed E-state index contributed by atoms with van der Waals surface area (Å²) in [6, 6.07) is 1.80. The molecule has 0 saturated heterocycles. The molecule has 0 fully saturated rings. The van der Waals surface area contributed by atoms with Crippen LogP contribution in [0.2, 0.25) is 0 Å². The Bertz CT molecular complexity index is 382. The van der Waals surface area contributed by atoms with Crippen molar-refractivity contribution in [1.29, 1.82) is 0 Å². The van der Waals surface area contributed by atoms with Crippen molar-refractivity contribution in [3.8, 4) is 0 Å². The molecule has 0 radical (unpaired) electrons. The number of aliphatic hydroxyl groups excluding tert-OH is 1. The highest BCUT2D eigenvalue weighted by atomic mass is 79.9. The zero-order valence-electron chi connectivity index (χ0n) is 9.50. The van der Waals surface area contributed by atoms with Crippen LogP contribution in [0, 0.1) is 5.92 Å². The summed E-state index contributed by atoms with van der Waals surface area (Å²) in [5, 5.41) is 11.8. The highest BCUT2D eigenvalue weighted by Crippen LogP contribution is 2.31. The average molecular weight is 385 g/mol. The smallest absolute Gasteiger partial charge is 0.253 e. The Kier molecular flexibility index (Phi) is 6.69. The third kappa shape index (κ3) is 4.69. The van der Waals surface area contributed by atoms with Crippen molar-refractivity contribution in [3.05, 3.63) is 19.2 Å². The van der Waals surface area contributed by atoms with Crippen LogP contribution in [0.25, 0.3) is 0 Å². The van der Waals surface area contributed by atoms with Crippen LogP contribution < -0.4 is 5.32 Å². The number of aliphatic hydroxyl groups is 1. The van der Waals surface area contributed by atoms with Crippen molar-refractivity contribution >= 4 is 49.1 Å². The van der Waals surface area contributed by atoms with E-state index in [-0.39, 0.29) is 12.5 Å². The first-order valence-electron chi connectivity index (χ1n) is 5.42. The molecule has 1 amide bonds. The first-order chi connectivity index (χ1) is 8.08. The lowest BCUT2D eigenvalue weighted by Crippen LogP contribution is -2.29. The topological polar surface area (TPSA) is 49.3 Å². The maximum atomic E-state index is 11.9. The molecule has 1 rings (SSSR count). The second kappa shape index (κ2) is 7.51. The molecule has 0 saturated carbocycles. The molecule has 0 aliphatic heterocycles. The summed E-state index contributed by atoms with van der Waals surface area (Å²) in [7, 11) is 0. The molecule has 0 spiro atoms. The van der Waals surface area contributed by atoms with Gasteiger partial charge < -0.3 is 10.4 Å². The predicted molar refractivity (Wildman–Crippen MR) is 77.5 cm³/mol. The molecule has 0 bridgehead atoms. The minimum absolute atomic E-state index is 0.0739. The quantitative estimate of drug-likeness (QED) is 0.789. The maximum absolute atomic E-state index is 11.9. The Hall–Kier alpha value is 0.0900. The van der Waals surface area contributed by atoms with Crippen molar-refractivity contribution in [3.63, 3.8) is 0 Å². The minimum Gasteiger partial charge on any atom is -0.396 e. The third-order valence-corrected chi connectivity index (χ3v) is 4.91. The van der Waals surface area contributed by atoms with E-state index in [1.807, 2.05) is 0 Å². The van der Waals surface area contributed by atoms with Gasteiger partial charge in [-0.3, -0.25) is 4.79 Å². The number of rotatable bonds is 6. The fourth-order valence-electron chi connectivity index (χ4n) is 1.46. The lowest BCUT2D eigenvalue weighted by molar-refractivity contribution is 0.0943. The first-order valence-corrected chi connectivity index (χ1v) is 7.82. The summed E-state index contributed by atoms with van der Waals surface area (Å²) in [6.07, 6.45) is 1.68. The monoisotopic (exact) mass is 383 g/mol. The zero-order valence-corrected chi connectivity index (χ0v) is 13.5. The van der Waals surface area contributed by atoms with E-state index >= 15 is 0 Å². The van der Waals surface area contributed by atoms with Crippen molar-refractivity contribution in [1.82, 2.24) is 5.32 Å². The van der Waals surface area contributed by atoms with Crippen LogP contribution in [0.5, 0.6) is 0 Å². The Morgan fingerprint density at radius 3 is 2.76 bits per heavy atom. The fourth-order valence-corrected chi connectivity index (χ4v) is 4.25. The number of hydrogen-bond acceptors (Lipinski definition) is 3. The number of thiophene rings is 1. The number of nitrogens with one attached hydrogen (secondary N) is 1. The van der Waals surface area contributed by atoms with E-state index in [9.17, 15) is 4.79 Å². The molecule has 0 aliphatic rings. The van der Waals surface area contributed by atoms with Gasteiger partial charge in [-0.15, -0.1) is 11.3 Å². The van der Waals surface area contributed by atoms with Gasteiger partial charge in [0.1, 0.15) is 0 Å². The molecule has 17 heavy (non-hydrogen) atoms. The Morgan fingerprint density at radius 1 is 1.59 bits per heavy atom. The molecule has 1 heterocycles. The summed E-state index contributed by atoms with van der Waals surface area (Å²) < 4.78 is 1.76. The molecule has 3 nitrogen and oxygen atoms in total. The first kappa shape index (κ1) is 15.1. The average Bonchev–Trinajstić information content (AvgIpc) is 2.63. The molecule has 0 aliphatic carbocycles. The lowest BCUT2D eigenvalue weighted by Gasteiger charge is -2.13. The van der Waals surface area contributed by atoms with Gasteiger partial charge in [0.15, 0.2) is 0 Å². The highest BCUT2D eigenvalue weighted by Gasteiger charge is 2.14. The van der Waals surface area contributed by atoms with Gasteiger partial charge >= 0.3 is 0 Å². The SMILES string of the molecule is CCC(CCO)CNC(=O)c1cc(Br)sc1Br. The molecule has 6 heteroatoms. The molecule has 96 valence electrons. The van der Waals surface area contributed by atoms with Gasteiger partial charge in [0.25, 0.3) is 5.91 Å². The van der Waals surface area contributed by atoms with E-state index in [1.54, 1.807) is 6.07 Å². The van der Waals surface area contributed by atoms with Gasteiger partial charge in [-0.25, -0.2) is 0 Å². The van der Waals surface area contributed by atoms with Gasteiger partial charge in [0, 0.05) is 13.2 Å². The van der Waals surface area contributed by atoms with Crippen molar-refractivity contribution < 1.29 is 9.90 Å². The van der Waals surface area contributed by atoms with Gasteiger partial charge in [-0.2, -0.15) is 0 Å². The number of carbonyl (C=O) groups is 1. The van der Waals surface area contributed by atoms with Gasteiger partial charge in [-0.1, -0.05) is 13.3 Å². The highest BCUT2D eigenvalue weighted by molar-refractivity contribution is 9.12. The van der Waals surface area contributed by atoms with Crippen LogP contribution >= 0.6 is 43.2 Å². The van der Waals surface area contributed by atoms with E-state index in [0.29, 0.717) is 18.0 Å². The van der Waals surface area contributed by atoms with E-state index in [0.717, 1.165) is 20.4 Å². The molecule has 0 aromatic carbocycles. The van der Waals surface area contributed by atoms with E-state index < -0.39 is 0 Å². The van der Waals surface area contributed by atoms with Crippen LogP contribution in [0.1, 0.15) is 30.1 Å². The zero-order chi connectivity index (χ0) is 12.8. The molecular weight excluding hydrogens is 370 g/mol. The molecule has 2 N–H and O–H groups in total. The van der Waals surface area contributed by atoms with Gasteiger partial charge in [-0.05, 0) is 50.3 Å². The van der Waals surface area contributed by atoms with E-state index in [2.05, 4.69) is 44.1 Å². The van der Waals surface area contributed by atoms with Crippen LogP contribution in [0.15, 0.2) is 13.6 Å². The van der Waals surface area contributed by atoms with Gasteiger partial charge in [0.05, 0.1) is 13.1 Å². The number of halogens is 2. The Labute approximate surface area is 122 Å². The molecule has 1 aromatic heterocycles. The van der Waals surface area contributed by atoms with E-state index in [1.165, 1.54) is 11.3 Å². The Balaban J connectivity index is 2.52. The van der Waals surface area contributed by atoms with Crippen LogP contribution in [0.3, 0.4) is 0 Å². The maximum Gasteiger partial charge on any atom is 0.253 e. The largest absolute Gasteiger partial charge is 0.396 e. The van der Waals surface area contributed by atoms with Crippen LogP contribution in [-0.4, -0.2) is 24.2 Å². The fraction of sp³-hybridized carbons (Fsp3) is 0.545. The standard InChI is InChI=1S/C11H15Br2NO2S/c1-2-7(3-4-15)6-14-11(16)8-5-9(12)17-10(8)13/h5,7,15H,2-4,6H2,1H3,(H,14,16). The lowest BCUT2D eigenvalue weighted by atomic mass is 10.0. The number of amides is 1. The second-order valence-corrected chi connectivity index (χ2v) is 7.48. The van der Waals surface area contributed by atoms with Crippen molar-refractivity contribution in [2.75, 3.05) is 13.2 Å². The normalized spacial score (nSPS) is 12.5. The molecule has 1 unspecified atom stereocenters. The van der Waals surface area contributed by atoms with Crippen LogP contribution in [0.4, 0.5) is 0 Å². The summed E-state index contributed by atoms with van der Waals surface area (Å²) in [5.41, 5.74) is 0.653. The number of carbonyl (C=O) groups excluding carboxylic acids is 1. The van der Waals surface area contributed by atoms with Crippen molar-refractivity contribution in [2.45, 2.75) is 19.8 Å². The molecule has 1 aromatic rings. The predicted octanol–water partition coefficient (Wildman–Crippen LogP) is 3.41. The summed E-state index contributed by atoms with van der Waals surface area (Å²) >= 11 is 8.19. The summed E-state index contributed by atoms with van der Waals surface area (Å²) in [6.45, 7) is 2.83. The number of hydrogen-bond donors (Lipinski definition) is 2. The van der Waals surface area contributed by atoms with Crippen molar-refractivity contribution in [2.24, 2.45) is 5.92 Å². The minimum atomic E-state index is -0.0739. The van der Waals surface area contributed by atoms with Crippen LogP contribution in [-0.2, 0) is 0 Å². The summed E-state index contributed by atoms with van der Waals surface area (Å²) in [4.78, 5) is 11.9. The van der Waals surface area contributed by atoms with E-state index in [4.69, 9.17) is 5.11 Å². The summed E-state index contributed by atoms with van der Waals surface area (Å²) in [5.74, 6) is 0.264. The molecular formula is C11H15Br2NO2S. The van der Waals surface area contributed by atoms with Gasteiger partial charge in [0.2, 0.25) is 0 Å². The third-order valence-electron chi connectivity index (χ3n) is 2.57. The molecule has 1 atom stereocenters. The second-order valence-electron chi connectivity index (χ2n) is 3.73.